The van der Waals surface area contributed by atoms with Gasteiger partial charge < -0.3 is 10.0 Å². The van der Waals surface area contributed by atoms with Crippen LogP contribution in [0.25, 0.3) is 0 Å². The fourth-order valence-electron chi connectivity index (χ4n) is 0.666. The molecule has 0 spiro atoms. The maximum Gasteiger partial charge on any atom is 0.454 e. The lowest BCUT2D eigenvalue weighted by atomic mass is 9.67. The van der Waals surface area contributed by atoms with E-state index < -0.39 is 7.12 Å². The molecular formula is C6H15BO2. The predicted molar refractivity (Wildman–Crippen MR) is 39.1 cm³/mol. The number of rotatable bonds is 3. The summed E-state index contributed by atoms with van der Waals surface area (Å²) in [7, 11) is -1.15. The largest absolute Gasteiger partial charge is 0.454 e. The Bertz CT molecular complexity index is 75.5. The summed E-state index contributed by atoms with van der Waals surface area (Å²) in [6, 6.07) is 0. The highest BCUT2D eigenvalue weighted by Crippen LogP contribution is 2.20. The average molecular weight is 130 g/mol. The molecule has 3 heteroatoms. The van der Waals surface area contributed by atoms with Crippen LogP contribution in [-0.4, -0.2) is 17.2 Å². The monoisotopic (exact) mass is 130 g/mol. The van der Waals surface area contributed by atoms with Crippen LogP contribution in [-0.2, 0) is 0 Å². The van der Waals surface area contributed by atoms with Crippen molar-refractivity contribution < 1.29 is 10.0 Å². The van der Waals surface area contributed by atoms with Gasteiger partial charge in [-0.05, 0) is 11.7 Å². The Morgan fingerprint density at radius 2 is 1.78 bits per heavy atom. The summed E-state index contributed by atoms with van der Waals surface area (Å²) in [5.74, 6) is 0.389. The molecule has 0 amide bonds. The third-order valence-electron chi connectivity index (χ3n) is 2.01. The van der Waals surface area contributed by atoms with Crippen LogP contribution >= 0.6 is 0 Å². The van der Waals surface area contributed by atoms with E-state index in [0.29, 0.717) is 5.92 Å². The molecule has 9 heavy (non-hydrogen) atoms. The fraction of sp³-hybridized carbons (Fsp3) is 1.00. The molecule has 0 saturated heterocycles. The van der Waals surface area contributed by atoms with Crippen molar-refractivity contribution >= 4 is 7.12 Å². The van der Waals surface area contributed by atoms with Crippen molar-refractivity contribution in [2.75, 3.05) is 0 Å². The van der Waals surface area contributed by atoms with Crippen LogP contribution in [0.1, 0.15) is 27.2 Å². The van der Waals surface area contributed by atoms with Crippen molar-refractivity contribution in [1.29, 1.82) is 0 Å². The van der Waals surface area contributed by atoms with E-state index in [0.717, 1.165) is 6.42 Å². The van der Waals surface area contributed by atoms with Gasteiger partial charge in [0.25, 0.3) is 0 Å². The summed E-state index contributed by atoms with van der Waals surface area (Å²) >= 11 is 0. The Labute approximate surface area is 57.0 Å². The van der Waals surface area contributed by atoms with Gasteiger partial charge in [-0.3, -0.25) is 0 Å². The topological polar surface area (TPSA) is 40.5 Å². The zero-order chi connectivity index (χ0) is 7.44. The molecule has 0 aliphatic rings. The number of hydrogen-bond acceptors (Lipinski definition) is 2. The molecule has 0 rings (SSSR count). The highest BCUT2D eigenvalue weighted by Gasteiger charge is 2.22. The second-order valence-corrected chi connectivity index (χ2v) is 2.66. The normalized spacial score (nSPS) is 17.0. The van der Waals surface area contributed by atoms with Crippen molar-refractivity contribution in [1.82, 2.24) is 0 Å². The summed E-state index contributed by atoms with van der Waals surface area (Å²) in [4.78, 5) is 0. The molecule has 0 aliphatic carbocycles. The molecule has 0 bridgehead atoms. The van der Waals surface area contributed by atoms with E-state index in [4.69, 9.17) is 10.0 Å². The zero-order valence-electron chi connectivity index (χ0n) is 6.33. The predicted octanol–water partition coefficient (Wildman–Crippen LogP) is 0.895. The first-order chi connectivity index (χ1) is 4.09. The standard InChI is InChI=1S/C6H15BO2/c1-4-5(2)6(3)7(8)9/h5-6,8-9H,4H2,1-3H3. The average Bonchev–Trinajstić information content (AvgIpc) is 1.84. The Morgan fingerprint density at radius 1 is 1.33 bits per heavy atom. The summed E-state index contributed by atoms with van der Waals surface area (Å²) < 4.78 is 0. The summed E-state index contributed by atoms with van der Waals surface area (Å²) in [6.45, 7) is 5.91. The van der Waals surface area contributed by atoms with Crippen LogP contribution in [0.5, 0.6) is 0 Å². The molecule has 0 saturated carbocycles. The van der Waals surface area contributed by atoms with Crippen molar-refractivity contribution in [3.63, 3.8) is 0 Å². The molecule has 0 radical (unpaired) electrons. The van der Waals surface area contributed by atoms with E-state index in [1.165, 1.54) is 0 Å². The van der Waals surface area contributed by atoms with Gasteiger partial charge in [-0.2, -0.15) is 0 Å². The lowest BCUT2D eigenvalue weighted by Crippen LogP contribution is -2.22. The van der Waals surface area contributed by atoms with Gasteiger partial charge in [0, 0.05) is 0 Å². The van der Waals surface area contributed by atoms with Gasteiger partial charge in [0.05, 0.1) is 0 Å². The minimum Gasteiger partial charge on any atom is -0.427 e. The summed E-state index contributed by atoms with van der Waals surface area (Å²) in [5, 5.41) is 17.4. The summed E-state index contributed by atoms with van der Waals surface area (Å²) in [6.07, 6.45) is 0.999. The van der Waals surface area contributed by atoms with E-state index in [9.17, 15) is 0 Å². The van der Waals surface area contributed by atoms with Crippen LogP contribution in [0, 0.1) is 5.92 Å². The van der Waals surface area contributed by atoms with Gasteiger partial charge in [0.15, 0.2) is 0 Å². The highest BCUT2D eigenvalue weighted by atomic mass is 16.4. The zero-order valence-corrected chi connectivity index (χ0v) is 6.33. The lowest BCUT2D eigenvalue weighted by molar-refractivity contribution is 0.357. The van der Waals surface area contributed by atoms with E-state index in [1.807, 2.05) is 20.8 Å². The molecule has 0 aromatic heterocycles. The Hall–Kier alpha value is -0.0151. The van der Waals surface area contributed by atoms with Gasteiger partial charge in [0.2, 0.25) is 0 Å². The SMILES string of the molecule is CCC(C)C(C)B(O)O. The van der Waals surface area contributed by atoms with Gasteiger partial charge >= 0.3 is 7.12 Å². The van der Waals surface area contributed by atoms with Crippen molar-refractivity contribution in [2.45, 2.75) is 33.0 Å². The van der Waals surface area contributed by atoms with Gasteiger partial charge in [-0.1, -0.05) is 27.2 Å². The smallest absolute Gasteiger partial charge is 0.427 e. The van der Waals surface area contributed by atoms with E-state index >= 15 is 0 Å². The first-order valence-corrected chi connectivity index (χ1v) is 3.45. The van der Waals surface area contributed by atoms with Crippen molar-refractivity contribution in [2.24, 2.45) is 5.92 Å². The van der Waals surface area contributed by atoms with Crippen molar-refractivity contribution in [3.05, 3.63) is 0 Å². The van der Waals surface area contributed by atoms with E-state index in [1.54, 1.807) is 0 Å². The van der Waals surface area contributed by atoms with Crippen LogP contribution in [0.15, 0.2) is 0 Å². The van der Waals surface area contributed by atoms with Crippen LogP contribution < -0.4 is 0 Å². The molecule has 0 aromatic rings. The molecule has 0 aromatic carbocycles. The second-order valence-electron chi connectivity index (χ2n) is 2.66. The van der Waals surface area contributed by atoms with Crippen molar-refractivity contribution in [3.8, 4) is 0 Å². The van der Waals surface area contributed by atoms with Crippen LogP contribution in [0.2, 0.25) is 5.82 Å². The first-order valence-electron chi connectivity index (χ1n) is 3.45. The van der Waals surface area contributed by atoms with Gasteiger partial charge in [-0.15, -0.1) is 0 Å². The molecule has 2 atom stereocenters. The quantitative estimate of drug-likeness (QED) is 0.557. The number of hydrogen-bond donors (Lipinski definition) is 2. The lowest BCUT2D eigenvalue weighted by Gasteiger charge is -2.15. The fourth-order valence-corrected chi connectivity index (χ4v) is 0.666. The van der Waals surface area contributed by atoms with Crippen LogP contribution in [0.4, 0.5) is 0 Å². The van der Waals surface area contributed by atoms with Gasteiger partial charge in [-0.25, -0.2) is 0 Å². The van der Waals surface area contributed by atoms with E-state index in [-0.39, 0.29) is 5.82 Å². The summed E-state index contributed by atoms with van der Waals surface area (Å²) in [5.41, 5.74) is 0. The molecule has 2 nitrogen and oxygen atoms in total. The third kappa shape index (κ3) is 2.87. The minimum atomic E-state index is -1.15. The Kier molecular flexibility index (Phi) is 3.90. The Morgan fingerprint density at radius 3 is 1.89 bits per heavy atom. The minimum absolute atomic E-state index is 0.00463. The first kappa shape index (κ1) is 8.98. The highest BCUT2D eigenvalue weighted by molar-refractivity contribution is 6.43. The molecule has 2 N–H and O–H groups in total. The maximum atomic E-state index is 8.68. The molecule has 54 valence electrons. The van der Waals surface area contributed by atoms with E-state index in [2.05, 4.69) is 0 Å². The Balaban J connectivity index is 3.58. The second kappa shape index (κ2) is 3.91. The maximum absolute atomic E-state index is 8.68. The van der Waals surface area contributed by atoms with Gasteiger partial charge in [0.1, 0.15) is 0 Å². The third-order valence-corrected chi connectivity index (χ3v) is 2.01. The van der Waals surface area contributed by atoms with Crippen LogP contribution in [0.3, 0.4) is 0 Å². The molecular weight excluding hydrogens is 115 g/mol. The molecule has 2 unspecified atom stereocenters. The molecule has 0 heterocycles. The molecule has 0 aliphatic heterocycles. The molecule has 0 fully saturated rings.